The Kier molecular flexibility index (Phi) is 5.00. The van der Waals surface area contributed by atoms with Crippen LogP contribution < -0.4 is 11.1 Å². The molecule has 0 aliphatic heterocycles. The Labute approximate surface area is 177 Å². The average Bonchev–Trinajstić information content (AvgIpc) is 3.47. The second-order valence-electron chi connectivity index (χ2n) is 6.37. The predicted molar refractivity (Wildman–Crippen MR) is 111 cm³/mol. The summed E-state index contributed by atoms with van der Waals surface area (Å²) in [6.07, 6.45) is 1.59. The average molecular weight is 438 g/mol. The maximum Gasteiger partial charge on any atom is 0.279 e. The van der Waals surface area contributed by atoms with Crippen LogP contribution in [0.4, 0.5) is 10.8 Å². The first-order chi connectivity index (χ1) is 14.8. The summed E-state index contributed by atoms with van der Waals surface area (Å²) < 4.78 is 1.35. The van der Waals surface area contributed by atoms with Crippen molar-refractivity contribution in [2.75, 3.05) is 5.32 Å². The number of primary amides is 1. The van der Waals surface area contributed by atoms with E-state index in [1.807, 2.05) is 0 Å². The van der Waals surface area contributed by atoms with Crippen LogP contribution in [-0.2, 0) is 0 Å². The molecule has 3 aromatic heterocycles. The number of nitrogens with zero attached hydrogens (tertiary/aromatic N) is 5. The molecule has 12 nitrogen and oxygen atoms in total. The monoisotopic (exact) mass is 438 g/mol. The highest BCUT2D eigenvalue weighted by Gasteiger charge is 2.20. The van der Waals surface area contributed by atoms with Crippen LogP contribution in [0, 0.1) is 17.0 Å². The lowest BCUT2D eigenvalue weighted by molar-refractivity contribution is -0.384. The summed E-state index contributed by atoms with van der Waals surface area (Å²) >= 11 is 1.20. The van der Waals surface area contributed by atoms with Crippen LogP contribution in [0.1, 0.15) is 26.7 Å². The van der Waals surface area contributed by atoms with Crippen molar-refractivity contribution in [3.05, 3.63) is 69.1 Å². The number of benzene rings is 1. The molecule has 0 unspecified atom stereocenters. The van der Waals surface area contributed by atoms with Crippen molar-refractivity contribution in [3.63, 3.8) is 0 Å². The molecule has 0 aliphatic carbocycles. The zero-order valence-corrected chi connectivity index (χ0v) is 16.7. The summed E-state index contributed by atoms with van der Waals surface area (Å²) in [4.78, 5) is 41.4. The SMILES string of the molecule is Cc1c(C(=O)Nc2nc(-c3c[nH]c(C(N)=O)c3)cs2)nnn1-c1cccc([N+](=O)[O-])c1. The van der Waals surface area contributed by atoms with Crippen molar-refractivity contribution in [1.82, 2.24) is 25.0 Å². The third-order valence-corrected chi connectivity index (χ3v) is 5.12. The van der Waals surface area contributed by atoms with Crippen molar-refractivity contribution in [3.8, 4) is 16.9 Å². The van der Waals surface area contributed by atoms with E-state index in [4.69, 9.17) is 5.73 Å². The summed E-state index contributed by atoms with van der Waals surface area (Å²) in [5.74, 6) is -1.11. The van der Waals surface area contributed by atoms with E-state index >= 15 is 0 Å². The lowest BCUT2D eigenvalue weighted by Gasteiger charge is -2.03. The van der Waals surface area contributed by atoms with E-state index in [2.05, 4.69) is 25.6 Å². The van der Waals surface area contributed by atoms with Crippen LogP contribution in [0.3, 0.4) is 0 Å². The molecule has 13 heteroatoms. The minimum Gasteiger partial charge on any atom is -0.364 e. The third kappa shape index (κ3) is 3.89. The molecule has 0 bridgehead atoms. The number of H-pyrrole nitrogens is 1. The number of thiazole rings is 1. The van der Waals surface area contributed by atoms with E-state index < -0.39 is 16.7 Å². The molecular formula is C18H14N8O4S. The number of aromatic amines is 1. The summed E-state index contributed by atoms with van der Waals surface area (Å²) in [6, 6.07) is 7.42. The van der Waals surface area contributed by atoms with Gasteiger partial charge in [0, 0.05) is 29.3 Å². The Bertz CT molecular complexity index is 1320. The van der Waals surface area contributed by atoms with Gasteiger partial charge in [-0.15, -0.1) is 16.4 Å². The number of hydrogen-bond acceptors (Lipinski definition) is 8. The zero-order valence-electron chi connectivity index (χ0n) is 15.9. The smallest absolute Gasteiger partial charge is 0.279 e. The van der Waals surface area contributed by atoms with E-state index in [9.17, 15) is 19.7 Å². The molecule has 4 rings (SSSR count). The molecular weight excluding hydrogens is 424 g/mol. The van der Waals surface area contributed by atoms with Gasteiger partial charge in [0.15, 0.2) is 10.8 Å². The fourth-order valence-electron chi connectivity index (χ4n) is 2.83. The number of carbonyl (C=O) groups excluding carboxylic acids is 2. The molecule has 4 N–H and O–H groups in total. The Morgan fingerprint density at radius 1 is 1.32 bits per heavy atom. The van der Waals surface area contributed by atoms with E-state index in [0.717, 1.165) is 0 Å². The number of rotatable bonds is 6. The fourth-order valence-corrected chi connectivity index (χ4v) is 3.54. The van der Waals surface area contributed by atoms with Gasteiger partial charge in [-0.05, 0) is 19.1 Å². The minimum absolute atomic E-state index is 0.0564. The number of aromatic nitrogens is 5. The topological polar surface area (TPSA) is 175 Å². The molecule has 4 aromatic rings. The Morgan fingerprint density at radius 3 is 2.84 bits per heavy atom. The van der Waals surface area contributed by atoms with Gasteiger partial charge in [0.1, 0.15) is 5.69 Å². The van der Waals surface area contributed by atoms with Crippen LogP contribution in [-0.4, -0.2) is 41.7 Å². The number of non-ortho nitro benzene ring substituents is 1. The van der Waals surface area contributed by atoms with Gasteiger partial charge in [-0.2, -0.15) is 0 Å². The predicted octanol–water partition coefficient (Wildman–Crippen LogP) is 2.29. The van der Waals surface area contributed by atoms with Gasteiger partial charge in [0.05, 0.1) is 22.0 Å². The number of carbonyl (C=O) groups is 2. The third-order valence-electron chi connectivity index (χ3n) is 4.36. The summed E-state index contributed by atoms with van der Waals surface area (Å²) in [5, 5.41) is 23.5. The zero-order chi connectivity index (χ0) is 22.1. The molecule has 0 aliphatic rings. The van der Waals surface area contributed by atoms with Crippen molar-refractivity contribution in [2.24, 2.45) is 5.73 Å². The highest BCUT2D eigenvalue weighted by atomic mass is 32.1. The largest absolute Gasteiger partial charge is 0.364 e. The minimum atomic E-state index is -0.586. The molecule has 2 amide bonds. The van der Waals surface area contributed by atoms with Crippen molar-refractivity contribution in [2.45, 2.75) is 6.92 Å². The number of nitrogens with one attached hydrogen (secondary N) is 2. The maximum absolute atomic E-state index is 12.7. The standard InChI is InChI=1S/C18H14N8O4S/c1-9-15(23-24-25(9)11-3-2-4-12(6-11)26(29)30)17(28)22-18-21-14(8-31-18)10-5-13(16(19)27)20-7-10/h2-8,20H,1H3,(H2,19,27)(H,21,22,28). The van der Waals surface area contributed by atoms with E-state index in [-0.39, 0.29) is 17.1 Å². The van der Waals surface area contributed by atoms with Crippen LogP contribution in [0.15, 0.2) is 41.9 Å². The lowest BCUT2D eigenvalue weighted by atomic mass is 10.2. The van der Waals surface area contributed by atoms with E-state index in [0.29, 0.717) is 27.8 Å². The number of hydrogen-bond donors (Lipinski definition) is 3. The lowest BCUT2D eigenvalue weighted by Crippen LogP contribution is -2.14. The highest BCUT2D eigenvalue weighted by molar-refractivity contribution is 7.14. The molecule has 0 fully saturated rings. The number of nitro benzene ring substituents is 1. The summed E-state index contributed by atoms with van der Waals surface area (Å²) in [6.45, 7) is 1.63. The van der Waals surface area contributed by atoms with Crippen molar-refractivity contribution >= 4 is 34.0 Å². The summed E-state index contributed by atoms with van der Waals surface area (Å²) in [5.41, 5.74) is 7.46. The number of nitro groups is 1. The number of nitrogens with two attached hydrogens (primary N) is 1. The number of anilines is 1. The molecule has 1 aromatic carbocycles. The van der Waals surface area contributed by atoms with Crippen LogP contribution in [0.25, 0.3) is 16.9 Å². The van der Waals surface area contributed by atoms with Gasteiger partial charge < -0.3 is 10.7 Å². The van der Waals surface area contributed by atoms with E-state index in [1.54, 1.807) is 30.6 Å². The molecule has 0 saturated carbocycles. The molecule has 0 saturated heterocycles. The normalized spacial score (nSPS) is 10.7. The second-order valence-corrected chi connectivity index (χ2v) is 7.23. The van der Waals surface area contributed by atoms with Gasteiger partial charge in [0.25, 0.3) is 17.5 Å². The highest BCUT2D eigenvalue weighted by Crippen LogP contribution is 2.26. The molecule has 0 spiro atoms. The van der Waals surface area contributed by atoms with E-state index in [1.165, 1.54) is 34.2 Å². The van der Waals surface area contributed by atoms with Crippen molar-refractivity contribution in [1.29, 1.82) is 0 Å². The van der Waals surface area contributed by atoms with Crippen LogP contribution in [0.5, 0.6) is 0 Å². The first kappa shape index (κ1) is 19.9. The Hall–Kier alpha value is -4.39. The van der Waals surface area contributed by atoms with Gasteiger partial charge in [-0.3, -0.25) is 25.0 Å². The number of amides is 2. The molecule has 31 heavy (non-hydrogen) atoms. The van der Waals surface area contributed by atoms with Crippen LogP contribution >= 0.6 is 11.3 Å². The van der Waals surface area contributed by atoms with Gasteiger partial charge in [-0.25, -0.2) is 9.67 Å². The molecule has 0 radical (unpaired) electrons. The van der Waals surface area contributed by atoms with Crippen LogP contribution in [0.2, 0.25) is 0 Å². The fraction of sp³-hybridized carbons (Fsp3) is 0.0556. The maximum atomic E-state index is 12.7. The Balaban J connectivity index is 1.54. The van der Waals surface area contributed by atoms with Gasteiger partial charge in [-0.1, -0.05) is 11.3 Å². The first-order valence-electron chi connectivity index (χ1n) is 8.76. The van der Waals surface area contributed by atoms with Gasteiger partial charge >= 0.3 is 0 Å². The quantitative estimate of drug-likeness (QED) is 0.305. The summed E-state index contributed by atoms with van der Waals surface area (Å²) in [7, 11) is 0. The second kappa shape index (κ2) is 7.79. The molecule has 0 atom stereocenters. The molecule has 3 heterocycles. The van der Waals surface area contributed by atoms with Crippen molar-refractivity contribution < 1.29 is 14.5 Å². The Morgan fingerprint density at radius 2 is 2.13 bits per heavy atom. The molecule has 156 valence electrons. The first-order valence-corrected chi connectivity index (χ1v) is 9.64. The van der Waals surface area contributed by atoms with Gasteiger partial charge in [0.2, 0.25) is 0 Å².